The van der Waals surface area contributed by atoms with Gasteiger partial charge in [0.15, 0.2) is 0 Å². The van der Waals surface area contributed by atoms with Crippen LogP contribution in [0.15, 0.2) is 18.2 Å². The van der Waals surface area contributed by atoms with Gasteiger partial charge in [-0.15, -0.1) is 0 Å². The number of nitrogens with zero attached hydrogens (tertiary/aromatic N) is 1. The molecule has 1 aromatic rings. The first-order valence-electron chi connectivity index (χ1n) is 6.21. The Bertz CT molecular complexity index is 388. The van der Waals surface area contributed by atoms with Crippen LogP contribution in [0, 0.1) is 5.82 Å². The van der Waals surface area contributed by atoms with Gasteiger partial charge in [0, 0.05) is 13.1 Å². The normalized spacial score (nSPS) is 11.1. The molecule has 0 bridgehead atoms. The van der Waals surface area contributed by atoms with Gasteiger partial charge >= 0.3 is 0 Å². The minimum Gasteiger partial charge on any atom is -0.395 e. The van der Waals surface area contributed by atoms with Crippen molar-refractivity contribution in [3.8, 4) is 0 Å². The molecule has 0 unspecified atom stereocenters. The number of hydrogen-bond acceptors (Lipinski definition) is 3. The summed E-state index contributed by atoms with van der Waals surface area (Å²) in [4.78, 5) is 1.15. The second-order valence-corrected chi connectivity index (χ2v) is 4.13. The van der Waals surface area contributed by atoms with Crippen molar-refractivity contribution in [1.29, 1.82) is 0 Å². The van der Waals surface area contributed by atoms with Crippen molar-refractivity contribution in [2.24, 2.45) is 0 Å². The first kappa shape index (κ1) is 15.8. The van der Waals surface area contributed by atoms with E-state index in [1.807, 2.05) is 6.92 Å². The minimum absolute atomic E-state index is 0.0200. The van der Waals surface area contributed by atoms with E-state index >= 15 is 0 Å². The summed E-state index contributed by atoms with van der Waals surface area (Å²) in [6.45, 7) is 2.33. The third kappa shape index (κ3) is 5.08. The van der Waals surface area contributed by atoms with Crippen LogP contribution in [0.4, 0.5) is 18.9 Å². The summed E-state index contributed by atoms with van der Waals surface area (Å²) in [5.74, 6) is -0.551. The van der Waals surface area contributed by atoms with Crippen LogP contribution in [0.25, 0.3) is 0 Å². The Morgan fingerprint density at radius 2 is 2.11 bits per heavy atom. The standard InChI is InChI=1S/C13H19F3N2O/c1-2-17-8-10-3-4-12(11(14)7-10)18(5-6-19)9-13(15)16/h3-4,7,13,17,19H,2,5-6,8-9H2,1H3. The smallest absolute Gasteiger partial charge is 0.255 e. The average Bonchev–Trinajstić information content (AvgIpc) is 2.35. The zero-order valence-electron chi connectivity index (χ0n) is 10.9. The van der Waals surface area contributed by atoms with E-state index in [4.69, 9.17) is 5.11 Å². The number of benzene rings is 1. The molecule has 0 aromatic heterocycles. The number of hydrogen-bond donors (Lipinski definition) is 2. The van der Waals surface area contributed by atoms with Gasteiger partial charge in [-0.2, -0.15) is 0 Å². The Balaban J connectivity index is 2.84. The molecule has 0 fully saturated rings. The highest BCUT2D eigenvalue weighted by Crippen LogP contribution is 2.21. The van der Waals surface area contributed by atoms with Crippen molar-refractivity contribution >= 4 is 5.69 Å². The first-order chi connectivity index (χ1) is 9.08. The third-order valence-electron chi connectivity index (χ3n) is 2.66. The molecule has 0 saturated heterocycles. The van der Waals surface area contributed by atoms with E-state index in [0.29, 0.717) is 6.54 Å². The first-order valence-corrected chi connectivity index (χ1v) is 6.21. The molecule has 6 heteroatoms. The summed E-state index contributed by atoms with van der Waals surface area (Å²) < 4.78 is 38.7. The molecule has 0 aliphatic rings. The highest BCUT2D eigenvalue weighted by atomic mass is 19.3. The average molecular weight is 276 g/mol. The molecule has 1 rings (SSSR count). The monoisotopic (exact) mass is 276 g/mol. The van der Waals surface area contributed by atoms with E-state index in [9.17, 15) is 13.2 Å². The molecule has 3 nitrogen and oxygen atoms in total. The van der Waals surface area contributed by atoms with Gasteiger partial charge in [-0.25, -0.2) is 13.2 Å². The highest BCUT2D eigenvalue weighted by molar-refractivity contribution is 5.49. The van der Waals surface area contributed by atoms with E-state index < -0.39 is 18.8 Å². The van der Waals surface area contributed by atoms with Gasteiger partial charge in [-0.3, -0.25) is 0 Å². The van der Waals surface area contributed by atoms with Crippen LogP contribution in [0.3, 0.4) is 0 Å². The molecule has 0 amide bonds. The van der Waals surface area contributed by atoms with Crippen molar-refractivity contribution in [2.45, 2.75) is 19.9 Å². The summed E-state index contributed by atoms with van der Waals surface area (Å²) in [5.41, 5.74) is 0.846. The van der Waals surface area contributed by atoms with Crippen LogP contribution < -0.4 is 10.2 Å². The van der Waals surface area contributed by atoms with Gasteiger partial charge < -0.3 is 15.3 Å². The Morgan fingerprint density at radius 3 is 2.63 bits per heavy atom. The van der Waals surface area contributed by atoms with E-state index in [1.54, 1.807) is 6.07 Å². The summed E-state index contributed by atoms with van der Waals surface area (Å²) in [6, 6.07) is 4.49. The largest absolute Gasteiger partial charge is 0.395 e. The topological polar surface area (TPSA) is 35.5 Å². The van der Waals surface area contributed by atoms with Crippen molar-refractivity contribution in [1.82, 2.24) is 5.32 Å². The lowest BCUT2D eigenvalue weighted by atomic mass is 10.1. The van der Waals surface area contributed by atoms with Crippen molar-refractivity contribution in [3.63, 3.8) is 0 Å². The maximum atomic E-state index is 13.9. The maximum absolute atomic E-state index is 13.9. The van der Waals surface area contributed by atoms with Crippen molar-refractivity contribution < 1.29 is 18.3 Å². The lowest BCUT2D eigenvalue weighted by Gasteiger charge is -2.24. The van der Waals surface area contributed by atoms with E-state index in [-0.39, 0.29) is 18.8 Å². The molecular formula is C13H19F3N2O. The highest BCUT2D eigenvalue weighted by Gasteiger charge is 2.16. The Hall–Kier alpha value is -1.27. The third-order valence-corrected chi connectivity index (χ3v) is 2.66. The summed E-state index contributed by atoms with van der Waals surface area (Å²) in [5, 5.41) is 11.9. The molecule has 0 aliphatic heterocycles. The van der Waals surface area contributed by atoms with Gasteiger partial charge in [0.05, 0.1) is 18.8 Å². The predicted octanol–water partition coefficient (Wildman–Crippen LogP) is 2.00. The van der Waals surface area contributed by atoms with Crippen LogP contribution in [0.5, 0.6) is 0 Å². The van der Waals surface area contributed by atoms with Gasteiger partial charge in [0.25, 0.3) is 6.43 Å². The molecule has 108 valence electrons. The number of aliphatic hydroxyl groups is 1. The van der Waals surface area contributed by atoms with Crippen LogP contribution in [0.2, 0.25) is 0 Å². The number of alkyl halides is 2. The number of anilines is 1. The van der Waals surface area contributed by atoms with Crippen LogP contribution in [-0.2, 0) is 6.54 Å². The fourth-order valence-corrected chi connectivity index (χ4v) is 1.78. The van der Waals surface area contributed by atoms with E-state index in [1.165, 1.54) is 12.1 Å². The van der Waals surface area contributed by atoms with Gasteiger partial charge in [0.1, 0.15) is 5.82 Å². The van der Waals surface area contributed by atoms with Gasteiger partial charge in [-0.1, -0.05) is 13.0 Å². The van der Waals surface area contributed by atoms with Gasteiger partial charge in [-0.05, 0) is 24.2 Å². The zero-order chi connectivity index (χ0) is 14.3. The second-order valence-electron chi connectivity index (χ2n) is 4.13. The molecule has 0 spiro atoms. The van der Waals surface area contributed by atoms with Crippen LogP contribution in [0.1, 0.15) is 12.5 Å². The molecule has 1 aromatic carbocycles. The molecule has 0 heterocycles. The Kier molecular flexibility index (Phi) is 6.66. The quantitative estimate of drug-likeness (QED) is 0.762. The molecule has 19 heavy (non-hydrogen) atoms. The molecule has 0 atom stereocenters. The van der Waals surface area contributed by atoms with Crippen molar-refractivity contribution in [3.05, 3.63) is 29.6 Å². The Morgan fingerprint density at radius 1 is 1.37 bits per heavy atom. The summed E-state index contributed by atoms with van der Waals surface area (Å²) in [6.07, 6.45) is -2.58. The van der Waals surface area contributed by atoms with Crippen LogP contribution >= 0.6 is 0 Å². The fourth-order valence-electron chi connectivity index (χ4n) is 1.78. The SMILES string of the molecule is CCNCc1ccc(N(CCO)CC(F)F)c(F)c1. The van der Waals surface area contributed by atoms with E-state index in [0.717, 1.165) is 17.0 Å². The molecule has 0 saturated carbocycles. The summed E-state index contributed by atoms with van der Waals surface area (Å²) >= 11 is 0. The maximum Gasteiger partial charge on any atom is 0.255 e. The molecule has 2 N–H and O–H groups in total. The lowest BCUT2D eigenvalue weighted by molar-refractivity contribution is 0.152. The number of aliphatic hydroxyl groups excluding tert-OH is 1. The molecule has 0 aliphatic carbocycles. The van der Waals surface area contributed by atoms with Crippen LogP contribution in [-0.4, -0.2) is 37.8 Å². The number of halogens is 3. The minimum atomic E-state index is -2.58. The zero-order valence-corrected chi connectivity index (χ0v) is 10.9. The number of rotatable bonds is 8. The second kappa shape index (κ2) is 8.01. The lowest BCUT2D eigenvalue weighted by Crippen LogP contribution is -2.32. The van der Waals surface area contributed by atoms with Crippen molar-refractivity contribution in [2.75, 3.05) is 31.1 Å². The molecule has 0 radical (unpaired) electrons. The Labute approximate surface area is 111 Å². The number of nitrogens with one attached hydrogen (secondary N) is 1. The summed E-state index contributed by atoms with van der Waals surface area (Å²) in [7, 11) is 0. The van der Waals surface area contributed by atoms with E-state index in [2.05, 4.69) is 5.32 Å². The van der Waals surface area contributed by atoms with Gasteiger partial charge in [0.2, 0.25) is 0 Å². The predicted molar refractivity (Wildman–Crippen MR) is 69.1 cm³/mol. The molecular weight excluding hydrogens is 257 g/mol. The fraction of sp³-hybridized carbons (Fsp3) is 0.538.